The van der Waals surface area contributed by atoms with Gasteiger partial charge >= 0.3 is 0 Å². The van der Waals surface area contributed by atoms with E-state index in [1.165, 1.54) is 6.42 Å². The SMILES string of the molecule is Cc1nc([C@H]2CCCN2c2cncc(-c3ccccc3)n2)cs1. The largest absolute Gasteiger partial charge is 0.347 e. The molecule has 0 amide bonds. The van der Waals surface area contributed by atoms with Crippen molar-refractivity contribution in [2.24, 2.45) is 0 Å². The fraction of sp³-hybridized carbons (Fsp3) is 0.278. The van der Waals surface area contributed by atoms with Crippen LogP contribution in [0.4, 0.5) is 5.82 Å². The normalized spacial score (nSPS) is 17.6. The van der Waals surface area contributed by atoms with E-state index in [9.17, 15) is 0 Å². The zero-order chi connectivity index (χ0) is 15.6. The summed E-state index contributed by atoms with van der Waals surface area (Å²) in [6.45, 7) is 3.07. The number of hydrogen-bond acceptors (Lipinski definition) is 5. The number of aryl methyl sites for hydroxylation is 1. The minimum absolute atomic E-state index is 0.320. The maximum absolute atomic E-state index is 4.85. The number of nitrogens with zero attached hydrogens (tertiary/aromatic N) is 4. The average molecular weight is 322 g/mol. The molecule has 0 spiro atoms. The van der Waals surface area contributed by atoms with Gasteiger partial charge in [0.25, 0.3) is 0 Å². The highest BCUT2D eigenvalue weighted by molar-refractivity contribution is 7.09. The lowest BCUT2D eigenvalue weighted by Crippen LogP contribution is -2.24. The summed E-state index contributed by atoms with van der Waals surface area (Å²) in [6, 6.07) is 10.5. The standard InChI is InChI=1S/C18H18N4S/c1-13-20-16(12-23-13)17-8-5-9-22(17)18-11-19-10-15(21-18)14-6-3-2-4-7-14/h2-4,6-7,10-12,17H,5,8-9H2,1H3/t17-/m1/s1. The number of anilines is 1. The molecule has 1 aliphatic heterocycles. The van der Waals surface area contributed by atoms with Gasteiger partial charge in [0.2, 0.25) is 0 Å². The van der Waals surface area contributed by atoms with Gasteiger partial charge in [-0.15, -0.1) is 11.3 Å². The lowest BCUT2D eigenvalue weighted by Gasteiger charge is -2.24. The summed E-state index contributed by atoms with van der Waals surface area (Å²) in [4.78, 5) is 16.3. The van der Waals surface area contributed by atoms with Crippen molar-refractivity contribution in [3.05, 3.63) is 58.8 Å². The number of aromatic nitrogens is 3. The molecule has 1 aliphatic rings. The summed E-state index contributed by atoms with van der Waals surface area (Å²) >= 11 is 1.71. The molecule has 1 atom stereocenters. The molecular formula is C18H18N4S. The molecule has 23 heavy (non-hydrogen) atoms. The third kappa shape index (κ3) is 2.84. The van der Waals surface area contributed by atoms with E-state index in [-0.39, 0.29) is 0 Å². The first-order valence-electron chi connectivity index (χ1n) is 7.87. The van der Waals surface area contributed by atoms with Gasteiger partial charge in [0.1, 0.15) is 5.82 Å². The molecule has 4 rings (SSSR count). The van der Waals surface area contributed by atoms with E-state index in [0.717, 1.165) is 40.7 Å². The van der Waals surface area contributed by atoms with Crippen LogP contribution in [0.25, 0.3) is 11.3 Å². The van der Waals surface area contributed by atoms with E-state index in [0.29, 0.717) is 6.04 Å². The zero-order valence-corrected chi connectivity index (χ0v) is 13.8. The predicted molar refractivity (Wildman–Crippen MR) is 93.6 cm³/mol. The molecule has 0 aliphatic carbocycles. The molecule has 0 saturated carbocycles. The van der Waals surface area contributed by atoms with Gasteiger partial charge in [-0.1, -0.05) is 30.3 Å². The highest BCUT2D eigenvalue weighted by Crippen LogP contribution is 2.35. The van der Waals surface area contributed by atoms with Crippen LogP contribution in [0, 0.1) is 6.92 Å². The van der Waals surface area contributed by atoms with Crippen molar-refractivity contribution >= 4 is 17.2 Å². The van der Waals surface area contributed by atoms with Gasteiger partial charge in [-0.05, 0) is 19.8 Å². The second-order valence-electron chi connectivity index (χ2n) is 5.77. The Bertz CT molecular complexity index is 800. The number of hydrogen-bond donors (Lipinski definition) is 0. The van der Waals surface area contributed by atoms with Crippen LogP contribution in [-0.2, 0) is 0 Å². The van der Waals surface area contributed by atoms with Crippen LogP contribution in [0.1, 0.15) is 29.6 Å². The van der Waals surface area contributed by atoms with Gasteiger partial charge in [0.05, 0.1) is 34.8 Å². The molecule has 5 heteroatoms. The third-order valence-corrected chi connectivity index (χ3v) is 5.01. The predicted octanol–water partition coefficient (Wildman–Crippen LogP) is 4.25. The molecule has 1 saturated heterocycles. The average Bonchev–Trinajstić information content (AvgIpc) is 3.24. The first-order chi connectivity index (χ1) is 11.3. The van der Waals surface area contributed by atoms with Crippen molar-refractivity contribution in [2.75, 3.05) is 11.4 Å². The van der Waals surface area contributed by atoms with E-state index in [1.807, 2.05) is 30.6 Å². The summed E-state index contributed by atoms with van der Waals surface area (Å²) in [5.41, 5.74) is 3.18. The highest BCUT2D eigenvalue weighted by Gasteiger charge is 2.29. The van der Waals surface area contributed by atoms with Crippen LogP contribution < -0.4 is 4.90 Å². The molecule has 0 N–H and O–H groups in total. The van der Waals surface area contributed by atoms with Gasteiger partial charge in [0.15, 0.2) is 0 Å². The van der Waals surface area contributed by atoms with Crippen molar-refractivity contribution in [1.82, 2.24) is 15.0 Å². The van der Waals surface area contributed by atoms with Crippen LogP contribution in [0.15, 0.2) is 48.1 Å². The fourth-order valence-corrected chi connectivity index (χ4v) is 3.78. The summed E-state index contributed by atoms with van der Waals surface area (Å²) in [5, 5.41) is 3.29. The monoisotopic (exact) mass is 322 g/mol. The van der Waals surface area contributed by atoms with E-state index in [1.54, 1.807) is 11.3 Å². The van der Waals surface area contributed by atoms with E-state index in [4.69, 9.17) is 4.98 Å². The van der Waals surface area contributed by atoms with Crippen LogP contribution in [0.3, 0.4) is 0 Å². The van der Waals surface area contributed by atoms with Gasteiger partial charge in [-0.25, -0.2) is 9.97 Å². The Morgan fingerprint density at radius 1 is 1.13 bits per heavy atom. The number of benzene rings is 1. The van der Waals surface area contributed by atoms with Crippen LogP contribution in [0.2, 0.25) is 0 Å². The molecule has 1 aromatic carbocycles. The molecule has 116 valence electrons. The van der Waals surface area contributed by atoms with Crippen molar-refractivity contribution in [3.63, 3.8) is 0 Å². The van der Waals surface area contributed by atoms with Crippen molar-refractivity contribution < 1.29 is 0 Å². The Morgan fingerprint density at radius 3 is 2.78 bits per heavy atom. The van der Waals surface area contributed by atoms with Crippen molar-refractivity contribution in [3.8, 4) is 11.3 Å². The van der Waals surface area contributed by atoms with Gasteiger partial charge in [0, 0.05) is 17.5 Å². The molecular weight excluding hydrogens is 304 g/mol. The van der Waals surface area contributed by atoms with E-state index >= 15 is 0 Å². The Morgan fingerprint density at radius 2 is 2.00 bits per heavy atom. The molecule has 0 bridgehead atoms. The Kier molecular flexibility index (Phi) is 3.79. The Hall–Kier alpha value is -2.27. The minimum Gasteiger partial charge on any atom is -0.347 e. The van der Waals surface area contributed by atoms with Gasteiger partial charge < -0.3 is 4.90 Å². The highest BCUT2D eigenvalue weighted by atomic mass is 32.1. The Labute approximate surface area is 139 Å². The van der Waals surface area contributed by atoms with E-state index in [2.05, 4.69) is 39.3 Å². The minimum atomic E-state index is 0.320. The van der Waals surface area contributed by atoms with Crippen LogP contribution >= 0.6 is 11.3 Å². The molecule has 0 unspecified atom stereocenters. The van der Waals surface area contributed by atoms with E-state index < -0.39 is 0 Å². The Balaban J connectivity index is 1.67. The summed E-state index contributed by atoms with van der Waals surface area (Å²) in [7, 11) is 0. The maximum Gasteiger partial charge on any atom is 0.148 e. The zero-order valence-electron chi connectivity index (χ0n) is 13.0. The maximum atomic E-state index is 4.85. The third-order valence-electron chi connectivity index (χ3n) is 4.22. The second-order valence-corrected chi connectivity index (χ2v) is 6.83. The lowest BCUT2D eigenvalue weighted by molar-refractivity contribution is 0.690. The number of thiazole rings is 1. The molecule has 3 heterocycles. The van der Waals surface area contributed by atoms with Gasteiger partial charge in [-0.3, -0.25) is 4.98 Å². The first-order valence-corrected chi connectivity index (χ1v) is 8.75. The quantitative estimate of drug-likeness (QED) is 0.723. The smallest absolute Gasteiger partial charge is 0.148 e. The van der Waals surface area contributed by atoms with Crippen molar-refractivity contribution in [2.45, 2.75) is 25.8 Å². The van der Waals surface area contributed by atoms with Crippen LogP contribution in [0.5, 0.6) is 0 Å². The van der Waals surface area contributed by atoms with Crippen LogP contribution in [-0.4, -0.2) is 21.5 Å². The second kappa shape index (κ2) is 6.08. The molecule has 4 nitrogen and oxygen atoms in total. The summed E-state index contributed by atoms with van der Waals surface area (Å²) in [5.74, 6) is 0.944. The molecule has 3 aromatic rings. The molecule has 1 fully saturated rings. The summed E-state index contributed by atoms with van der Waals surface area (Å²) in [6.07, 6.45) is 5.99. The number of rotatable bonds is 3. The first kappa shape index (κ1) is 14.3. The fourth-order valence-electron chi connectivity index (χ4n) is 3.12. The molecule has 2 aromatic heterocycles. The summed E-state index contributed by atoms with van der Waals surface area (Å²) < 4.78 is 0. The topological polar surface area (TPSA) is 41.9 Å². The lowest BCUT2D eigenvalue weighted by atomic mass is 10.1. The van der Waals surface area contributed by atoms with Gasteiger partial charge in [-0.2, -0.15) is 0 Å². The molecule has 0 radical (unpaired) electrons. The van der Waals surface area contributed by atoms with Crippen molar-refractivity contribution in [1.29, 1.82) is 0 Å².